The maximum atomic E-state index is 13.6. The molecule has 3 aromatic rings. The number of allylic oxidation sites excluding steroid dienone is 1. The Bertz CT molecular complexity index is 1420. The van der Waals surface area contributed by atoms with Crippen LogP contribution in [0.25, 0.3) is 11.8 Å². The molecular formula is C27H24Cl2N2O4. The molecule has 0 bridgehead atoms. The van der Waals surface area contributed by atoms with Crippen molar-refractivity contribution in [1.29, 1.82) is 0 Å². The Morgan fingerprint density at radius 3 is 2.43 bits per heavy atom. The maximum Gasteiger partial charge on any atom is 0.340 e. The van der Waals surface area contributed by atoms with Crippen molar-refractivity contribution in [2.45, 2.75) is 20.8 Å². The predicted octanol–water partition coefficient (Wildman–Crippen LogP) is 6.29. The molecule has 1 amide bonds. The number of nitrogens with zero attached hydrogens (tertiary/aromatic N) is 2. The molecule has 0 atom stereocenters. The summed E-state index contributed by atoms with van der Waals surface area (Å²) >= 11 is 12.7. The van der Waals surface area contributed by atoms with Crippen molar-refractivity contribution in [3.05, 3.63) is 92.4 Å². The smallest absolute Gasteiger partial charge is 0.340 e. The monoisotopic (exact) mass is 510 g/mol. The van der Waals surface area contributed by atoms with Crippen molar-refractivity contribution < 1.29 is 19.1 Å². The number of aryl methyl sites for hydroxylation is 1. The summed E-state index contributed by atoms with van der Waals surface area (Å²) in [6.45, 7) is 5.58. The van der Waals surface area contributed by atoms with Gasteiger partial charge in [-0.2, -0.15) is 0 Å². The highest BCUT2D eigenvalue weighted by molar-refractivity contribution is 6.34. The van der Waals surface area contributed by atoms with Crippen LogP contribution in [0.2, 0.25) is 10.0 Å². The first-order chi connectivity index (χ1) is 16.7. The van der Waals surface area contributed by atoms with Gasteiger partial charge >= 0.3 is 5.97 Å². The Morgan fingerprint density at radius 1 is 1.00 bits per heavy atom. The molecular weight excluding hydrogens is 487 g/mol. The molecule has 0 unspecified atom stereocenters. The van der Waals surface area contributed by atoms with Gasteiger partial charge in [-0.3, -0.25) is 9.69 Å². The Balaban J connectivity index is 1.87. The minimum Gasteiger partial charge on any atom is -0.497 e. The molecule has 8 heteroatoms. The van der Waals surface area contributed by atoms with E-state index in [0.717, 1.165) is 22.6 Å². The molecule has 4 rings (SSSR count). The van der Waals surface area contributed by atoms with Crippen LogP contribution >= 0.6 is 23.2 Å². The summed E-state index contributed by atoms with van der Waals surface area (Å²) in [6.07, 6.45) is 1.72. The first kappa shape index (κ1) is 24.6. The van der Waals surface area contributed by atoms with Crippen molar-refractivity contribution in [2.24, 2.45) is 0 Å². The second-order valence-corrected chi connectivity index (χ2v) is 8.95. The van der Waals surface area contributed by atoms with Crippen molar-refractivity contribution in [3.63, 3.8) is 0 Å². The lowest BCUT2D eigenvalue weighted by Crippen LogP contribution is -2.24. The number of methoxy groups -OCH3 is 2. The van der Waals surface area contributed by atoms with Gasteiger partial charge < -0.3 is 14.0 Å². The number of hydrogen-bond donors (Lipinski definition) is 0. The van der Waals surface area contributed by atoms with E-state index >= 15 is 0 Å². The van der Waals surface area contributed by atoms with Crippen molar-refractivity contribution in [1.82, 2.24) is 4.57 Å². The lowest BCUT2D eigenvalue weighted by molar-refractivity contribution is -0.136. The number of carbonyl (C=O) groups excluding carboxylic acids is 2. The highest BCUT2D eigenvalue weighted by Crippen LogP contribution is 2.37. The number of amides is 1. The zero-order valence-corrected chi connectivity index (χ0v) is 21.5. The van der Waals surface area contributed by atoms with Crippen LogP contribution in [0.15, 0.2) is 65.4 Å². The zero-order chi connectivity index (χ0) is 25.4. The molecule has 2 heterocycles. The van der Waals surface area contributed by atoms with E-state index in [0.29, 0.717) is 27.2 Å². The fraction of sp³-hybridized carbons (Fsp3) is 0.185. The average molecular weight is 511 g/mol. The molecule has 180 valence electrons. The van der Waals surface area contributed by atoms with Crippen LogP contribution in [0.3, 0.4) is 0 Å². The van der Waals surface area contributed by atoms with Crippen LogP contribution in [0.1, 0.15) is 23.9 Å². The highest BCUT2D eigenvalue weighted by Gasteiger charge is 2.38. The van der Waals surface area contributed by atoms with Gasteiger partial charge in [0.1, 0.15) is 5.75 Å². The lowest BCUT2D eigenvalue weighted by Gasteiger charge is -2.18. The van der Waals surface area contributed by atoms with E-state index in [4.69, 9.17) is 32.7 Å². The van der Waals surface area contributed by atoms with E-state index in [2.05, 4.69) is 0 Å². The van der Waals surface area contributed by atoms with Crippen LogP contribution in [0, 0.1) is 13.8 Å². The topological polar surface area (TPSA) is 60.8 Å². The molecule has 1 aromatic heterocycles. The van der Waals surface area contributed by atoms with Crippen molar-refractivity contribution >= 4 is 46.8 Å². The van der Waals surface area contributed by atoms with Gasteiger partial charge in [-0.1, -0.05) is 29.3 Å². The molecule has 1 aliphatic rings. The first-order valence-corrected chi connectivity index (χ1v) is 11.6. The Labute approximate surface area is 214 Å². The third kappa shape index (κ3) is 4.35. The van der Waals surface area contributed by atoms with Gasteiger partial charge in [0, 0.05) is 28.2 Å². The van der Waals surface area contributed by atoms with Gasteiger partial charge in [-0.05, 0) is 68.8 Å². The summed E-state index contributed by atoms with van der Waals surface area (Å²) in [7, 11) is 2.85. The summed E-state index contributed by atoms with van der Waals surface area (Å²) in [5, 5.41) is 1.10. The lowest BCUT2D eigenvalue weighted by atomic mass is 10.0. The van der Waals surface area contributed by atoms with Crippen LogP contribution in [-0.2, 0) is 14.3 Å². The molecule has 0 spiro atoms. The molecule has 0 fully saturated rings. The molecule has 1 aliphatic heterocycles. The molecule has 6 nitrogen and oxygen atoms in total. The van der Waals surface area contributed by atoms with Crippen LogP contribution in [0.5, 0.6) is 5.75 Å². The summed E-state index contributed by atoms with van der Waals surface area (Å²) in [5.41, 5.74) is 4.77. The standard InChI is InChI=1S/C27H24Cl2N2O4/c1-15-11-18(16(2)30(15)24-13-19(28)9-10-23(24)29)12-22-25(27(33)35-5)17(3)31(26(22)32)20-7-6-8-21(14-20)34-4/h6-14H,1-5H3/b22-12-. The number of benzene rings is 2. The van der Waals surface area contributed by atoms with Gasteiger partial charge in [0.05, 0.1) is 41.8 Å². The summed E-state index contributed by atoms with van der Waals surface area (Å²) < 4.78 is 12.3. The Kier molecular flexibility index (Phi) is 6.79. The average Bonchev–Trinajstić information content (AvgIpc) is 3.26. The van der Waals surface area contributed by atoms with Crippen LogP contribution in [0.4, 0.5) is 5.69 Å². The molecule has 0 saturated carbocycles. The highest BCUT2D eigenvalue weighted by atomic mass is 35.5. The Morgan fingerprint density at radius 2 is 1.74 bits per heavy atom. The second-order valence-electron chi connectivity index (χ2n) is 8.11. The zero-order valence-electron chi connectivity index (χ0n) is 20.0. The Hall–Kier alpha value is -3.48. The number of halogens is 2. The second kappa shape index (κ2) is 9.64. The summed E-state index contributed by atoms with van der Waals surface area (Å²) in [6, 6.07) is 14.3. The number of anilines is 1. The number of ether oxygens (including phenoxy) is 2. The van der Waals surface area contributed by atoms with Crippen molar-refractivity contribution in [3.8, 4) is 11.4 Å². The third-order valence-corrected chi connectivity index (χ3v) is 6.58. The van der Waals surface area contributed by atoms with E-state index < -0.39 is 5.97 Å². The SMILES string of the molecule is COC(=O)C1=C(C)N(c2cccc(OC)c2)C(=O)/C1=C\c1cc(C)n(-c2cc(Cl)ccc2Cl)c1C. The molecule has 2 aromatic carbocycles. The van der Waals surface area contributed by atoms with Gasteiger partial charge in [0.2, 0.25) is 0 Å². The largest absolute Gasteiger partial charge is 0.497 e. The van der Waals surface area contributed by atoms with E-state index in [1.54, 1.807) is 62.6 Å². The van der Waals surface area contributed by atoms with Gasteiger partial charge in [-0.15, -0.1) is 0 Å². The number of aromatic nitrogens is 1. The third-order valence-electron chi connectivity index (χ3n) is 6.02. The number of rotatable bonds is 5. The van der Waals surface area contributed by atoms with Gasteiger partial charge in [0.15, 0.2) is 0 Å². The molecule has 0 radical (unpaired) electrons. The molecule has 0 aliphatic carbocycles. The number of carbonyl (C=O) groups is 2. The minimum absolute atomic E-state index is 0.214. The van der Waals surface area contributed by atoms with Gasteiger partial charge in [-0.25, -0.2) is 4.79 Å². The maximum absolute atomic E-state index is 13.6. The number of esters is 1. The van der Waals surface area contributed by atoms with Crippen LogP contribution in [-0.4, -0.2) is 30.7 Å². The van der Waals surface area contributed by atoms with E-state index in [9.17, 15) is 9.59 Å². The van der Waals surface area contributed by atoms with Gasteiger partial charge in [0.25, 0.3) is 5.91 Å². The summed E-state index contributed by atoms with van der Waals surface area (Å²) in [5.74, 6) is -0.317. The van der Waals surface area contributed by atoms with Crippen molar-refractivity contribution in [2.75, 3.05) is 19.1 Å². The van der Waals surface area contributed by atoms with E-state index in [1.807, 2.05) is 24.5 Å². The quantitative estimate of drug-likeness (QED) is 0.299. The molecule has 0 N–H and O–H groups in total. The predicted molar refractivity (Wildman–Crippen MR) is 138 cm³/mol. The fourth-order valence-corrected chi connectivity index (χ4v) is 4.73. The normalized spacial score (nSPS) is 14.8. The fourth-order valence-electron chi connectivity index (χ4n) is 4.36. The minimum atomic E-state index is -0.584. The first-order valence-electron chi connectivity index (χ1n) is 10.8. The summed E-state index contributed by atoms with van der Waals surface area (Å²) in [4.78, 5) is 27.9. The number of hydrogen-bond acceptors (Lipinski definition) is 4. The van der Waals surface area contributed by atoms with E-state index in [1.165, 1.54) is 12.0 Å². The molecule has 35 heavy (non-hydrogen) atoms. The van der Waals surface area contributed by atoms with Crippen LogP contribution < -0.4 is 9.64 Å². The molecule has 0 saturated heterocycles. The van der Waals surface area contributed by atoms with E-state index in [-0.39, 0.29) is 17.1 Å².